The summed E-state index contributed by atoms with van der Waals surface area (Å²) in [6.07, 6.45) is 0.715. The van der Waals surface area contributed by atoms with Crippen LogP contribution in [0.5, 0.6) is 0 Å². The molecular weight excluding hydrogens is 236 g/mol. The van der Waals surface area contributed by atoms with Crippen LogP contribution in [0.2, 0.25) is 0 Å². The highest BCUT2D eigenvalue weighted by Gasteiger charge is 2.49. The molecule has 0 aliphatic rings. The third kappa shape index (κ3) is 8.74. The highest BCUT2D eigenvalue weighted by molar-refractivity contribution is 6.52. The first-order valence-electron chi connectivity index (χ1n) is 6.17. The van der Waals surface area contributed by atoms with Crippen molar-refractivity contribution in [2.45, 2.75) is 79.1 Å². The van der Waals surface area contributed by atoms with E-state index in [4.69, 9.17) is 13.3 Å². The monoisotopic (exact) mass is 264 g/mol. The summed E-state index contributed by atoms with van der Waals surface area (Å²) >= 11 is 0. The van der Waals surface area contributed by atoms with Crippen LogP contribution in [0.25, 0.3) is 0 Å². The van der Waals surface area contributed by atoms with Gasteiger partial charge in [0.1, 0.15) is 0 Å². The van der Waals surface area contributed by atoms with Crippen LogP contribution in [0.4, 0.5) is 0 Å². The summed E-state index contributed by atoms with van der Waals surface area (Å²) in [6, 6.07) is 0. The van der Waals surface area contributed by atoms with Crippen molar-refractivity contribution in [1.29, 1.82) is 0 Å². The molecule has 17 heavy (non-hydrogen) atoms. The Morgan fingerprint density at radius 1 is 1.00 bits per heavy atom. The van der Waals surface area contributed by atoms with Crippen LogP contribution in [-0.2, 0) is 13.3 Å². The minimum Gasteiger partial charge on any atom is -0.367 e. The Hall–Kier alpha value is 0.0569. The van der Waals surface area contributed by atoms with E-state index in [9.17, 15) is 4.80 Å². The second-order valence-electron chi connectivity index (χ2n) is 6.29. The molecule has 0 aromatic rings. The molecule has 1 atom stereocenters. The molecule has 104 valence electrons. The fraction of sp³-hybridized carbons (Fsp3) is 1.00. The van der Waals surface area contributed by atoms with Gasteiger partial charge in [-0.15, -0.1) is 0 Å². The molecule has 0 saturated carbocycles. The van der Waals surface area contributed by atoms with Gasteiger partial charge >= 0.3 is 9.05 Å². The van der Waals surface area contributed by atoms with Gasteiger partial charge in [-0.2, -0.15) is 0 Å². The van der Waals surface area contributed by atoms with Gasteiger partial charge in [-0.3, -0.25) is 0 Å². The largest absolute Gasteiger partial charge is 0.678 e. The zero-order valence-corrected chi connectivity index (χ0v) is 13.5. The van der Waals surface area contributed by atoms with Crippen LogP contribution >= 0.6 is 0 Å². The van der Waals surface area contributed by atoms with Crippen molar-refractivity contribution >= 4 is 9.05 Å². The Kier molecular flexibility index (Phi) is 5.82. The Balaban J connectivity index is 4.81. The summed E-state index contributed by atoms with van der Waals surface area (Å²) in [4.78, 5) is 10.5. The molecule has 0 aromatic carbocycles. The van der Waals surface area contributed by atoms with Crippen LogP contribution in [0, 0.1) is 0 Å². The van der Waals surface area contributed by atoms with Gasteiger partial charge in [-0.1, -0.05) is 6.92 Å². The Morgan fingerprint density at radius 2 is 1.35 bits per heavy atom. The quantitative estimate of drug-likeness (QED) is 0.776. The Morgan fingerprint density at radius 3 is 1.59 bits per heavy atom. The Bertz CT molecular complexity index is 214. The van der Waals surface area contributed by atoms with Crippen molar-refractivity contribution in [2.24, 2.45) is 0 Å². The number of hydrogen-bond donors (Lipinski definition) is 1. The normalized spacial score (nSPS) is 16.1. The van der Waals surface area contributed by atoms with E-state index >= 15 is 0 Å². The molecule has 1 unspecified atom stereocenters. The van der Waals surface area contributed by atoms with Gasteiger partial charge in [0, 0.05) is 6.10 Å². The zero-order chi connectivity index (χ0) is 13.9. The molecule has 0 spiro atoms. The highest BCUT2D eigenvalue weighted by Crippen LogP contribution is 2.24. The fourth-order valence-corrected chi connectivity index (χ4v) is 3.54. The highest BCUT2D eigenvalue weighted by atomic mass is 28.4. The minimum absolute atomic E-state index is 0.0867. The van der Waals surface area contributed by atoms with E-state index in [-0.39, 0.29) is 6.10 Å². The molecule has 0 aliphatic heterocycles. The molecular formula is C12H28O4Si. The van der Waals surface area contributed by atoms with Crippen molar-refractivity contribution in [1.82, 2.24) is 0 Å². The van der Waals surface area contributed by atoms with Crippen molar-refractivity contribution in [3.63, 3.8) is 0 Å². The molecule has 0 amide bonds. The lowest BCUT2D eigenvalue weighted by Crippen LogP contribution is -2.55. The second kappa shape index (κ2) is 5.80. The lowest BCUT2D eigenvalue weighted by Gasteiger charge is -2.36. The van der Waals surface area contributed by atoms with Gasteiger partial charge in [0.15, 0.2) is 0 Å². The molecule has 5 heteroatoms. The third-order valence-corrected chi connectivity index (χ3v) is 4.24. The maximum Gasteiger partial charge on any atom is 0.678 e. The first-order chi connectivity index (χ1) is 7.37. The maximum atomic E-state index is 10.5. The molecule has 0 aromatic heterocycles. The minimum atomic E-state index is -3.60. The molecule has 4 nitrogen and oxygen atoms in total. The van der Waals surface area contributed by atoms with E-state index in [1.54, 1.807) is 0 Å². The van der Waals surface area contributed by atoms with Crippen LogP contribution in [0.3, 0.4) is 0 Å². The first kappa shape index (κ1) is 17.1. The van der Waals surface area contributed by atoms with Crippen molar-refractivity contribution in [3.8, 4) is 0 Å². The van der Waals surface area contributed by atoms with Gasteiger partial charge < -0.3 is 18.1 Å². The van der Waals surface area contributed by atoms with Crippen molar-refractivity contribution < 1.29 is 18.1 Å². The molecule has 1 N–H and O–H groups in total. The molecule has 0 aliphatic carbocycles. The standard InChI is InChI=1S/C12H28O4Si/c1-9-10(2)14-17(13,15-11(3,4)5)16-12(6,7)8/h10,13H,9H2,1-8H3. The fourth-order valence-electron chi connectivity index (χ4n) is 1.18. The van der Waals surface area contributed by atoms with E-state index < -0.39 is 20.3 Å². The predicted molar refractivity (Wildman–Crippen MR) is 70.5 cm³/mol. The summed E-state index contributed by atoms with van der Waals surface area (Å²) < 4.78 is 16.8. The van der Waals surface area contributed by atoms with E-state index in [1.807, 2.05) is 55.4 Å². The average molecular weight is 264 g/mol. The molecule has 0 saturated heterocycles. The van der Waals surface area contributed by atoms with Gasteiger partial charge in [0.05, 0.1) is 11.2 Å². The van der Waals surface area contributed by atoms with Gasteiger partial charge in [0.25, 0.3) is 0 Å². The molecule has 0 fully saturated rings. The van der Waals surface area contributed by atoms with Crippen LogP contribution < -0.4 is 0 Å². The first-order valence-corrected chi connectivity index (χ1v) is 7.84. The van der Waals surface area contributed by atoms with Gasteiger partial charge in [-0.05, 0) is 54.9 Å². The summed E-state index contributed by atoms with van der Waals surface area (Å²) in [7, 11) is -3.60. The lowest BCUT2D eigenvalue weighted by molar-refractivity contribution is -0.104. The van der Waals surface area contributed by atoms with Crippen LogP contribution in [0.15, 0.2) is 0 Å². The summed E-state index contributed by atoms with van der Waals surface area (Å²) in [5.74, 6) is 0. The van der Waals surface area contributed by atoms with E-state index in [2.05, 4.69) is 0 Å². The van der Waals surface area contributed by atoms with E-state index in [0.29, 0.717) is 0 Å². The SMILES string of the molecule is CCC(C)O[Si](O)(OC(C)(C)C)OC(C)(C)C. The molecule has 0 rings (SSSR count). The van der Waals surface area contributed by atoms with Gasteiger partial charge in [-0.25, -0.2) is 0 Å². The van der Waals surface area contributed by atoms with E-state index in [1.165, 1.54) is 0 Å². The predicted octanol–water partition coefficient (Wildman–Crippen LogP) is 2.86. The summed E-state index contributed by atoms with van der Waals surface area (Å²) in [6.45, 7) is 15.1. The van der Waals surface area contributed by atoms with Crippen molar-refractivity contribution in [2.75, 3.05) is 0 Å². The summed E-state index contributed by atoms with van der Waals surface area (Å²) in [5.41, 5.74) is -1.00. The molecule has 0 bridgehead atoms. The molecule has 0 heterocycles. The average Bonchev–Trinajstić information content (AvgIpc) is 1.94. The maximum absolute atomic E-state index is 10.5. The second-order valence-corrected chi connectivity index (χ2v) is 7.98. The lowest BCUT2D eigenvalue weighted by atomic mass is 10.2. The molecule has 0 radical (unpaired) electrons. The number of hydrogen-bond acceptors (Lipinski definition) is 4. The third-order valence-electron chi connectivity index (χ3n) is 1.80. The van der Waals surface area contributed by atoms with Crippen molar-refractivity contribution in [3.05, 3.63) is 0 Å². The smallest absolute Gasteiger partial charge is 0.367 e. The Labute approximate surface area is 107 Å². The van der Waals surface area contributed by atoms with Crippen LogP contribution in [-0.4, -0.2) is 31.1 Å². The van der Waals surface area contributed by atoms with Gasteiger partial charge in [0.2, 0.25) is 0 Å². The number of rotatable bonds is 5. The van der Waals surface area contributed by atoms with Crippen LogP contribution in [0.1, 0.15) is 61.8 Å². The summed E-state index contributed by atoms with van der Waals surface area (Å²) in [5, 5.41) is 0. The van der Waals surface area contributed by atoms with E-state index in [0.717, 1.165) is 6.42 Å². The topological polar surface area (TPSA) is 47.9 Å². The zero-order valence-electron chi connectivity index (χ0n) is 12.5.